The number of hydrogen-bond acceptors (Lipinski definition) is 6. The van der Waals surface area contributed by atoms with Crippen molar-refractivity contribution in [2.24, 2.45) is 0 Å². The highest BCUT2D eigenvalue weighted by Crippen LogP contribution is 2.25. The summed E-state index contributed by atoms with van der Waals surface area (Å²) in [4.78, 5) is 25.7. The molecular formula is C17H11FN2O5. The van der Waals surface area contributed by atoms with Gasteiger partial charge in [0, 0.05) is 6.07 Å². The number of non-ortho nitro benzene ring substituents is 1. The number of esters is 1. The number of carbonyl (C=O) groups excluding carboxylic acids is 1. The maximum atomic E-state index is 14.0. The Morgan fingerprint density at radius 2 is 2.00 bits per heavy atom. The maximum Gasteiger partial charge on any atom is 0.360 e. The van der Waals surface area contributed by atoms with Crippen LogP contribution >= 0.6 is 0 Å². The quantitative estimate of drug-likeness (QED) is 0.398. The third kappa shape index (κ3) is 3.69. The standard InChI is InChI=1S/C17H11FN2O5/c18-14-8-12(20(22)23)6-7-13(14)16-19-15(10-24-16)17(21)25-9-11-4-2-1-3-5-11/h1-8,10H,9H2. The van der Waals surface area contributed by atoms with Crippen LogP contribution < -0.4 is 0 Å². The van der Waals surface area contributed by atoms with E-state index in [2.05, 4.69) is 4.98 Å². The fourth-order valence-electron chi connectivity index (χ4n) is 2.08. The zero-order chi connectivity index (χ0) is 17.8. The number of nitrogens with zero attached hydrogens (tertiary/aromatic N) is 2. The summed E-state index contributed by atoms with van der Waals surface area (Å²) < 4.78 is 24.1. The molecule has 1 aromatic heterocycles. The van der Waals surface area contributed by atoms with Crippen LogP contribution in [0.4, 0.5) is 10.1 Å². The van der Waals surface area contributed by atoms with E-state index < -0.39 is 22.4 Å². The Balaban J connectivity index is 1.74. The largest absolute Gasteiger partial charge is 0.456 e. The molecule has 0 saturated heterocycles. The third-order valence-electron chi connectivity index (χ3n) is 3.32. The van der Waals surface area contributed by atoms with Crippen molar-refractivity contribution in [3.05, 3.63) is 82.0 Å². The van der Waals surface area contributed by atoms with Gasteiger partial charge in [0.25, 0.3) is 5.69 Å². The summed E-state index contributed by atoms with van der Waals surface area (Å²) in [5, 5.41) is 10.6. The molecule has 25 heavy (non-hydrogen) atoms. The molecule has 126 valence electrons. The van der Waals surface area contributed by atoms with Crippen molar-refractivity contribution in [1.29, 1.82) is 0 Å². The van der Waals surface area contributed by atoms with Gasteiger partial charge < -0.3 is 9.15 Å². The minimum absolute atomic E-state index is 0.0633. The van der Waals surface area contributed by atoms with E-state index in [1.807, 2.05) is 18.2 Å². The van der Waals surface area contributed by atoms with E-state index in [4.69, 9.17) is 9.15 Å². The predicted octanol–water partition coefficient (Wildman–Crippen LogP) is 3.75. The lowest BCUT2D eigenvalue weighted by Gasteiger charge is -2.02. The molecule has 0 fully saturated rings. The molecule has 8 heteroatoms. The second kappa shape index (κ2) is 6.91. The zero-order valence-corrected chi connectivity index (χ0v) is 12.7. The molecule has 0 aliphatic heterocycles. The van der Waals surface area contributed by atoms with Crippen molar-refractivity contribution < 1.29 is 23.3 Å². The minimum atomic E-state index is -0.875. The first-order valence-electron chi connectivity index (χ1n) is 7.15. The molecule has 0 aliphatic carbocycles. The van der Waals surface area contributed by atoms with E-state index in [1.54, 1.807) is 12.1 Å². The van der Waals surface area contributed by atoms with Crippen LogP contribution in [-0.4, -0.2) is 15.9 Å². The first kappa shape index (κ1) is 16.3. The molecule has 3 rings (SSSR count). The van der Waals surface area contributed by atoms with Gasteiger partial charge in [0.1, 0.15) is 18.7 Å². The number of rotatable bonds is 5. The van der Waals surface area contributed by atoms with Gasteiger partial charge in [0.05, 0.1) is 16.6 Å². The van der Waals surface area contributed by atoms with Gasteiger partial charge in [-0.25, -0.2) is 14.2 Å². The number of hydrogen-bond donors (Lipinski definition) is 0. The Morgan fingerprint density at radius 1 is 1.24 bits per heavy atom. The summed E-state index contributed by atoms with van der Waals surface area (Å²) in [6.07, 6.45) is 1.05. The zero-order valence-electron chi connectivity index (χ0n) is 12.7. The van der Waals surface area contributed by atoms with E-state index in [0.29, 0.717) is 0 Å². The average Bonchev–Trinajstić information content (AvgIpc) is 3.10. The molecule has 0 aliphatic rings. The molecule has 0 saturated carbocycles. The fraction of sp³-hybridized carbons (Fsp3) is 0.0588. The second-order valence-electron chi connectivity index (χ2n) is 5.02. The van der Waals surface area contributed by atoms with Gasteiger partial charge in [-0.15, -0.1) is 0 Å². The summed E-state index contributed by atoms with van der Waals surface area (Å²) >= 11 is 0. The number of ether oxygens (including phenoxy) is 1. The Kier molecular flexibility index (Phi) is 4.51. The molecule has 0 atom stereocenters. The van der Waals surface area contributed by atoms with E-state index in [0.717, 1.165) is 24.0 Å². The van der Waals surface area contributed by atoms with Crippen LogP contribution in [0.25, 0.3) is 11.5 Å². The predicted molar refractivity (Wildman–Crippen MR) is 84.1 cm³/mol. The average molecular weight is 342 g/mol. The molecule has 7 nitrogen and oxygen atoms in total. The van der Waals surface area contributed by atoms with Crippen molar-refractivity contribution >= 4 is 11.7 Å². The number of halogens is 1. The lowest BCUT2D eigenvalue weighted by atomic mass is 10.2. The number of nitro benzene ring substituents is 1. The summed E-state index contributed by atoms with van der Waals surface area (Å²) in [7, 11) is 0. The Labute approximate surface area is 140 Å². The van der Waals surface area contributed by atoms with Crippen LogP contribution in [0.1, 0.15) is 16.1 Å². The summed E-state index contributed by atoms with van der Waals surface area (Å²) in [5.74, 6) is -1.76. The highest BCUT2D eigenvalue weighted by Gasteiger charge is 2.19. The highest BCUT2D eigenvalue weighted by molar-refractivity contribution is 5.87. The van der Waals surface area contributed by atoms with Gasteiger partial charge in [-0.1, -0.05) is 30.3 Å². The van der Waals surface area contributed by atoms with Crippen LogP contribution in [0.2, 0.25) is 0 Å². The molecule has 0 bridgehead atoms. The number of carbonyl (C=O) groups is 1. The third-order valence-corrected chi connectivity index (χ3v) is 3.32. The molecule has 1 heterocycles. The molecule has 0 N–H and O–H groups in total. The van der Waals surface area contributed by atoms with Crippen molar-refractivity contribution in [1.82, 2.24) is 4.98 Å². The van der Waals surface area contributed by atoms with E-state index >= 15 is 0 Å². The minimum Gasteiger partial charge on any atom is -0.456 e. The first-order valence-corrected chi connectivity index (χ1v) is 7.15. The van der Waals surface area contributed by atoms with Crippen molar-refractivity contribution in [3.8, 4) is 11.5 Å². The van der Waals surface area contributed by atoms with E-state index in [1.165, 1.54) is 6.07 Å². The normalized spacial score (nSPS) is 10.4. The lowest BCUT2D eigenvalue weighted by molar-refractivity contribution is -0.385. The van der Waals surface area contributed by atoms with Crippen molar-refractivity contribution in [2.75, 3.05) is 0 Å². The van der Waals surface area contributed by atoms with Crippen molar-refractivity contribution in [3.63, 3.8) is 0 Å². The molecule has 0 unspecified atom stereocenters. The highest BCUT2D eigenvalue weighted by atomic mass is 19.1. The topological polar surface area (TPSA) is 95.5 Å². The molecule has 2 aromatic carbocycles. The van der Waals surface area contributed by atoms with Crippen molar-refractivity contribution in [2.45, 2.75) is 6.61 Å². The maximum absolute atomic E-state index is 14.0. The lowest BCUT2D eigenvalue weighted by Crippen LogP contribution is -2.05. The molecule has 0 amide bonds. The van der Waals surface area contributed by atoms with E-state index in [9.17, 15) is 19.3 Å². The molecule has 0 spiro atoms. The van der Waals surface area contributed by atoms with Crippen LogP contribution in [0.15, 0.2) is 59.2 Å². The monoisotopic (exact) mass is 342 g/mol. The molecule has 3 aromatic rings. The second-order valence-corrected chi connectivity index (χ2v) is 5.02. The number of nitro groups is 1. The SMILES string of the molecule is O=C(OCc1ccccc1)c1coc(-c2ccc([N+](=O)[O-])cc2F)n1. The van der Waals surface area contributed by atoms with Crippen LogP contribution in [0.5, 0.6) is 0 Å². The van der Waals surface area contributed by atoms with Gasteiger partial charge in [-0.3, -0.25) is 10.1 Å². The number of aromatic nitrogens is 1. The number of oxazole rings is 1. The van der Waals surface area contributed by atoms with E-state index in [-0.39, 0.29) is 23.8 Å². The first-order chi connectivity index (χ1) is 12.0. The van der Waals surface area contributed by atoms with Gasteiger partial charge in [-0.2, -0.15) is 0 Å². The number of benzene rings is 2. The van der Waals surface area contributed by atoms with Gasteiger partial charge >= 0.3 is 5.97 Å². The summed E-state index contributed by atoms with van der Waals surface area (Å²) in [6, 6.07) is 12.1. The van der Waals surface area contributed by atoms with Crippen LogP contribution in [-0.2, 0) is 11.3 Å². The summed E-state index contributed by atoms with van der Waals surface area (Å²) in [6.45, 7) is 0.0633. The van der Waals surface area contributed by atoms with Gasteiger partial charge in [0.15, 0.2) is 5.69 Å². The van der Waals surface area contributed by atoms with Gasteiger partial charge in [0.2, 0.25) is 5.89 Å². The van der Waals surface area contributed by atoms with Crippen LogP contribution in [0.3, 0.4) is 0 Å². The Morgan fingerprint density at radius 3 is 2.68 bits per heavy atom. The fourth-order valence-corrected chi connectivity index (χ4v) is 2.08. The van der Waals surface area contributed by atoms with Gasteiger partial charge in [-0.05, 0) is 11.6 Å². The Hall–Kier alpha value is -3.55. The molecule has 0 radical (unpaired) electrons. The smallest absolute Gasteiger partial charge is 0.360 e. The Bertz CT molecular complexity index is 924. The van der Waals surface area contributed by atoms with Crippen LogP contribution in [0, 0.1) is 15.9 Å². The molecular weight excluding hydrogens is 331 g/mol. The summed E-state index contributed by atoms with van der Waals surface area (Å²) in [5.41, 5.74) is 0.202.